The van der Waals surface area contributed by atoms with Crippen molar-refractivity contribution in [2.24, 2.45) is 0 Å². The van der Waals surface area contributed by atoms with Gasteiger partial charge in [-0.25, -0.2) is 15.0 Å². The number of carbonyl (C=O) groups is 2. The van der Waals surface area contributed by atoms with E-state index >= 15 is 0 Å². The van der Waals surface area contributed by atoms with Gasteiger partial charge in [0.15, 0.2) is 17.8 Å². The van der Waals surface area contributed by atoms with Crippen LogP contribution in [-0.4, -0.2) is 36.8 Å². The fourth-order valence-electron chi connectivity index (χ4n) is 4.24. The number of phenolic OH excluding ortho intramolecular Hbond substituents is 1. The highest BCUT2D eigenvalue weighted by atomic mass is 16.3. The first-order valence-electron chi connectivity index (χ1n) is 12.2. The van der Waals surface area contributed by atoms with Crippen LogP contribution in [0.5, 0.6) is 5.75 Å². The van der Waals surface area contributed by atoms with Gasteiger partial charge in [-0.3, -0.25) is 14.2 Å². The lowest BCUT2D eigenvalue weighted by Gasteiger charge is -2.12. The summed E-state index contributed by atoms with van der Waals surface area (Å²) in [5, 5.41) is 12.7. The lowest BCUT2D eigenvalue weighted by atomic mass is 10.1. The number of rotatable bonds is 8. The third-order valence-corrected chi connectivity index (χ3v) is 6.27. The monoisotopic (exact) mass is 506 g/mol. The number of aryl methyl sites for hydroxylation is 1. The van der Waals surface area contributed by atoms with E-state index in [4.69, 9.17) is 15.7 Å². The molecule has 3 heterocycles. The number of aromatic nitrogens is 4. The van der Waals surface area contributed by atoms with Gasteiger partial charge in [-0.05, 0) is 66.1 Å². The number of benzene rings is 2. The maximum Gasteiger partial charge on any atom is 0.224 e. The summed E-state index contributed by atoms with van der Waals surface area (Å²) in [5.41, 5.74) is 11.9. The number of nitrogens with two attached hydrogens (primary N) is 1. The van der Waals surface area contributed by atoms with Crippen molar-refractivity contribution in [2.75, 3.05) is 5.73 Å². The molecule has 0 aliphatic carbocycles. The van der Waals surface area contributed by atoms with Crippen molar-refractivity contribution >= 4 is 29.2 Å². The Morgan fingerprint density at radius 1 is 1.05 bits per heavy atom. The minimum Gasteiger partial charge on any atom is -0.507 e. The molecule has 38 heavy (non-hydrogen) atoms. The third kappa shape index (κ3) is 4.94. The molecular formula is C29H26N6O3. The first-order valence-corrected chi connectivity index (χ1v) is 12.2. The summed E-state index contributed by atoms with van der Waals surface area (Å²) >= 11 is 0. The van der Waals surface area contributed by atoms with Crippen molar-refractivity contribution in [1.29, 1.82) is 0 Å². The molecule has 0 fully saturated rings. The summed E-state index contributed by atoms with van der Waals surface area (Å²) in [5.74, 6) is 0.698. The number of imidazole rings is 1. The van der Waals surface area contributed by atoms with Gasteiger partial charge in [-0.2, -0.15) is 0 Å². The zero-order chi connectivity index (χ0) is 26.6. The molecule has 5 rings (SSSR count). The summed E-state index contributed by atoms with van der Waals surface area (Å²) in [7, 11) is 0. The molecule has 0 spiro atoms. The first-order chi connectivity index (χ1) is 18.5. The van der Waals surface area contributed by atoms with Crippen molar-refractivity contribution < 1.29 is 14.7 Å². The molecule has 0 saturated carbocycles. The number of amides is 1. The summed E-state index contributed by atoms with van der Waals surface area (Å²) in [6.07, 6.45) is 3.10. The fraction of sp³-hybridized carbons (Fsp3) is 0.138. The second-order valence-electron chi connectivity index (χ2n) is 8.84. The molecule has 0 atom stereocenters. The van der Waals surface area contributed by atoms with E-state index in [2.05, 4.69) is 17.2 Å². The van der Waals surface area contributed by atoms with E-state index in [-0.39, 0.29) is 23.6 Å². The van der Waals surface area contributed by atoms with Gasteiger partial charge >= 0.3 is 0 Å². The topological polar surface area (TPSA) is 136 Å². The lowest BCUT2D eigenvalue weighted by molar-refractivity contribution is -0.120. The van der Waals surface area contributed by atoms with Crippen LogP contribution in [0, 0.1) is 0 Å². The highest BCUT2D eigenvalue weighted by molar-refractivity contribution is 5.83. The number of aromatic hydroxyl groups is 1. The molecule has 9 nitrogen and oxygen atoms in total. The quantitative estimate of drug-likeness (QED) is 0.271. The molecule has 4 N–H and O–H groups in total. The normalized spacial score (nSPS) is 11.0. The van der Waals surface area contributed by atoms with Gasteiger partial charge in [-0.1, -0.05) is 25.1 Å². The maximum atomic E-state index is 12.4. The van der Waals surface area contributed by atoms with E-state index < -0.39 is 0 Å². The summed E-state index contributed by atoms with van der Waals surface area (Å²) in [6, 6.07) is 20.0. The molecule has 5 aromatic rings. The van der Waals surface area contributed by atoms with Crippen LogP contribution in [0.15, 0.2) is 72.9 Å². The third-order valence-electron chi connectivity index (χ3n) is 6.27. The summed E-state index contributed by atoms with van der Waals surface area (Å²) in [4.78, 5) is 37.2. The van der Waals surface area contributed by atoms with E-state index in [1.54, 1.807) is 12.3 Å². The van der Waals surface area contributed by atoms with Crippen molar-refractivity contribution in [3.63, 3.8) is 0 Å². The zero-order valence-corrected chi connectivity index (χ0v) is 20.8. The van der Waals surface area contributed by atoms with Gasteiger partial charge in [-0.15, -0.1) is 0 Å². The molecule has 0 bridgehead atoms. The smallest absolute Gasteiger partial charge is 0.224 e. The Morgan fingerprint density at radius 2 is 1.84 bits per heavy atom. The van der Waals surface area contributed by atoms with Crippen LogP contribution in [0.25, 0.3) is 28.2 Å². The van der Waals surface area contributed by atoms with E-state index in [9.17, 15) is 14.7 Å². The molecule has 0 radical (unpaired) electrons. The van der Waals surface area contributed by atoms with Crippen LogP contribution in [0.4, 0.5) is 5.82 Å². The largest absolute Gasteiger partial charge is 0.507 e. The van der Waals surface area contributed by atoms with Crippen molar-refractivity contribution in [3.05, 3.63) is 95.3 Å². The number of nitrogens with zero attached hydrogens (tertiary/aromatic N) is 4. The second kappa shape index (κ2) is 10.5. The first kappa shape index (κ1) is 24.6. The number of nitrogen functional groups attached to an aromatic ring is 1. The van der Waals surface area contributed by atoms with Gasteiger partial charge < -0.3 is 16.2 Å². The Balaban J connectivity index is 1.39. The highest BCUT2D eigenvalue weighted by Crippen LogP contribution is 2.30. The Labute approximate surface area is 219 Å². The number of aldehydes is 1. The number of phenols is 1. The van der Waals surface area contributed by atoms with Gasteiger partial charge in [0.2, 0.25) is 5.91 Å². The minimum atomic E-state index is -0.196. The van der Waals surface area contributed by atoms with Crippen LogP contribution < -0.4 is 11.1 Å². The minimum absolute atomic E-state index is 0.0904. The second-order valence-corrected chi connectivity index (χ2v) is 8.84. The Bertz CT molecular complexity index is 1640. The molecule has 0 unspecified atom stereocenters. The Morgan fingerprint density at radius 3 is 2.55 bits per heavy atom. The standard InChI is InChI=1S/C29H26N6O3/c1-2-21-9-12-24-29(33-21)35(28(34-24)23-4-3-13-31-27(23)30)22-10-6-18(7-11-22)16-32-26(38)15-19-5-8-20(17-36)25(37)14-19/h3-14,17,37H,2,15-16H2,1H3,(H2,30,31)(H,32,38). The van der Waals surface area contributed by atoms with Crippen molar-refractivity contribution in [1.82, 2.24) is 24.8 Å². The van der Waals surface area contributed by atoms with Crippen LogP contribution in [0.2, 0.25) is 0 Å². The number of hydrogen-bond acceptors (Lipinski definition) is 7. The Hall–Kier alpha value is -5.05. The number of anilines is 1. The van der Waals surface area contributed by atoms with Crippen LogP contribution in [0.1, 0.15) is 34.1 Å². The Kier molecular flexibility index (Phi) is 6.82. The molecule has 190 valence electrons. The average Bonchev–Trinajstić information content (AvgIpc) is 3.31. The highest BCUT2D eigenvalue weighted by Gasteiger charge is 2.18. The fourth-order valence-corrected chi connectivity index (χ4v) is 4.24. The molecule has 0 saturated heterocycles. The van der Waals surface area contributed by atoms with Crippen LogP contribution in [0.3, 0.4) is 0 Å². The van der Waals surface area contributed by atoms with Crippen molar-refractivity contribution in [2.45, 2.75) is 26.3 Å². The van der Waals surface area contributed by atoms with Gasteiger partial charge in [0, 0.05) is 24.1 Å². The molecular weight excluding hydrogens is 480 g/mol. The number of carbonyl (C=O) groups excluding carboxylic acids is 2. The van der Waals surface area contributed by atoms with Crippen LogP contribution >= 0.6 is 0 Å². The molecule has 9 heteroatoms. The van der Waals surface area contributed by atoms with Gasteiger partial charge in [0.25, 0.3) is 0 Å². The molecule has 0 aliphatic rings. The number of pyridine rings is 2. The zero-order valence-electron chi connectivity index (χ0n) is 20.8. The van der Waals surface area contributed by atoms with E-state index in [1.807, 2.05) is 53.1 Å². The SMILES string of the molecule is CCc1ccc2nc(-c3cccnc3N)n(-c3ccc(CNC(=O)Cc4ccc(C=O)c(O)c4)cc3)c2n1. The van der Waals surface area contributed by atoms with Gasteiger partial charge in [0.05, 0.1) is 17.5 Å². The van der Waals surface area contributed by atoms with E-state index in [1.165, 1.54) is 12.1 Å². The van der Waals surface area contributed by atoms with Crippen LogP contribution in [-0.2, 0) is 24.2 Å². The maximum absolute atomic E-state index is 12.4. The number of nitrogens with one attached hydrogen (secondary N) is 1. The predicted molar refractivity (Wildman–Crippen MR) is 145 cm³/mol. The predicted octanol–water partition coefficient (Wildman–Crippen LogP) is 4.00. The van der Waals surface area contributed by atoms with E-state index in [0.717, 1.165) is 34.5 Å². The number of hydrogen-bond donors (Lipinski definition) is 3. The molecule has 3 aromatic heterocycles. The summed E-state index contributed by atoms with van der Waals surface area (Å²) < 4.78 is 1.97. The lowest BCUT2D eigenvalue weighted by Crippen LogP contribution is -2.24. The molecule has 0 aliphatic heterocycles. The van der Waals surface area contributed by atoms with Gasteiger partial charge in [0.1, 0.15) is 17.1 Å². The molecule has 2 aromatic carbocycles. The van der Waals surface area contributed by atoms with E-state index in [0.29, 0.717) is 35.6 Å². The summed E-state index contributed by atoms with van der Waals surface area (Å²) in [6.45, 7) is 2.39. The number of fused-ring (bicyclic) bond motifs is 1. The average molecular weight is 507 g/mol. The van der Waals surface area contributed by atoms with Crippen molar-refractivity contribution in [3.8, 4) is 22.8 Å². The molecule has 1 amide bonds.